The Morgan fingerprint density at radius 1 is 0.946 bits per heavy atom. The van der Waals surface area contributed by atoms with Crippen LogP contribution < -0.4 is 14.8 Å². The lowest BCUT2D eigenvalue weighted by Gasteiger charge is -2.30. The molecule has 1 amide bonds. The first kappa shape index (κ1) is 26.7. The third-order valence-electron chi connectivity index (χ3n) is 6.89. The lowest BCUT2D eigenvalue weighted by molar-refractivity contribution is -0.118. The smallest absolute Gasteiger partial charge is 0.216 e. The molecule has 37 heavy (non-hydrogen) atoms. The molecule has 1 N–H and O–H groups in total. The van der Waals surface area contributed by atoms with E-state index >= 15 is 0 Å². The summed E-state index contributed by atoms with van der Waals surface area (Å²) in [4.78, 5) is 11.3. The van der Waals surface area contributed by atoms with E-state index < -0.39 is 0 Å². The van der Waals surface area contributed by atoms with Crippen molar-refractivity contribution in [1.82, 2.24) is 5.32 Å². The van der Waals surface area contributed by atoms with Gasteiger partial charge in [-0.3, -0.25) is 4.79 Å². The van der Waals surface area contributed by atoms with Crippen LogP contribution in [0, 0.1) is 12.7 Å². The number of carbonyl (C=O) groups is 1. The number of ether oxygens (including phenoxy) is 3. The van der Waals surface area contributed by atoms with Crippen LogP contribution in [0.15, 0.2) is 60.7 Å². The van der Waals surface area contributed by atoms with E-state index in [2.05, 4.69) is 11.4 Å². The zero-order valence-corrected chi connectivity index (χ0v) is 21.9. The van der Waals surface area contributed by atoms with Gasteiger partial charge in [-0.25, -0.2) is 4.39 Å². The van der Waals surface area contributed by atoms with Gasteiger partial charge in [-0.1, -0.05) is 36.4 Å². The first-order valence-corrected chi connectivity index (χ1v) is 13.0. The summed E-state index contributed by atoms with van der Waals surface area (Å²) in [6.07, 6.45) is 4.65. The van der Waals surface area contributed by atoms with E-state index in [1.807, 2.05) is 43.3 Å². The molecule has 4 rings (SSSR count). The van der Waals surface area contributed by atoms with Crippen LogP contribution >= 0.6 is 0 Å². The van der Waals surface area contributed by atoms with Gasteiger partial charge < -0.3 is 19.5 Å². The van der Waals surface area contributed by atoms with E-state index in [0.717, 1.165) is 65.0 Å². The molecule has 0 heterocycles. The number of benzene rings is 3. The van der Waals surface area contributed by atoms with Crippen molar-refractivity contribution in [3.05, 3.63) is 83.2 Å². The molecule has 0 saturated heterocycles. The second-order valence-corrected chi connectivity index (χ2v) is 9.66. The Morgan fingerprint density at radius 2 is 1.70 bits per heavy atom. The van der Waals surface area contributed by atoms with Crippen molar-refractivity contribution in [2.45, 2.75) is 64.8 Å². The number of hydrogen-bond acceptors (Lipinski definition) is 4. The van der Waals surface area contributed by atoms with Gasteiger partial charge in [0.1, 0.15) is 17.3 Å². The fraction of sp³-hybridized carbons (Fsp3) is 0.387. The number of aryl methyl sites for hydroxylation is 1. The molecule has 0 aliphatic heterocycles. The topological polar surface area (TPSA) is 56.8 Å². The SMILES string of the molecule is COc1ccccc1COC1CCC(Oc2cc(-c3cccc(F)c3)c(CCNC(C)=O)cc2C)CC1. The van der Waals surface area contributed by atoms with Gasteiger partial charge in [-0.05, 0) is 85.5 Å². The maximum absolute atomic E-state index is 14.0. The molecule has 6 heteroatoms. The van der Waals surface area contributed by atoms with Crippen LogP contribution in [0.4, 0.5) is 4.39 Å². The van der Waals surface area contributed by atoms with Gasteiger partial charge in [0.05, 0.1) is 25.9 Å². The average Bonchev–Trinajstić information content (AvgIpc) is 2.89. The monoisotopic (exact) mass is 505 g/mol. The highest BCUT2D eigenvalue weighted by Gasteiger charge is 2.24. The van der Waals surface area contributed by atoms with Crippen molar-refractivity contribution in [3.8, 4) is 22.6 Å². The van der Waals surface area contributed by atoms with E-state index in [9.17, 15) is 9.18 Å². The normalized spacial score (nSPS) is 17.3. The van der Waals surface area contributed by atoms with Crippen molar-refractivity contribution < 1.29 is 23.4 Å². The van der Waals surface area contributed by atoms with Crippen molar-refractivity contribution in [2.24, 2.45) is 0 Å². The van der Waals surface area contributed by atoms with Crippen molar-refractivity contribution in [1.29, 1.82) is 0 Å². The Bertz CT molecular complexity index is 1200. The Morgan fingerprint density at radius 3 is 2.43 bits per heavy atom. The first-order chi connectivity index (χ1) is 17.9. The molecule has 1 saturated carbocycles. The van der Waals surface area contributed by atoms with Gasteiger partial charge in [0, 0.05) is 19.0 Å². The van der Waals surface area contributed by atoms with Crippen molar-refractivity contribution >= 4 is 5.91 Å². The molecular weight excluding hydrogens is 469 g/mol. The standard InChI is InChI=1S/C31H36FNO4/c1-21-17-24(15-16-33-22(2)34)29(23-8-6-9-26(32)18-23)19-31(21)37-28-13-11-27(12-14-28)36-20-25-7-4-5-10-30(25)35-3/h4-10,17-19,27-28H,11-16,20H2,1-3H3,(H,33,34). The van der Waals surface area contributed by atoms with Crippen LogP contribution in [-0.2, 0) is 22.6 Å². The second kappa shape index (κ2) is 12.7. The van der Waals surface area contributed by atoms with Crippen molar-refractivity contribution in [3.63, 3.8) is 0 Å². The number of carbonyl (C=O) groups excluding carboxylic acids is 1. The van der Waals surface area contributed by atoms with Gasteiger partial charge in [-0.2, -0.15) is 0 Å². The predicted octanol–water partition coefficient (Wildman–Crippen LogP) is 6.40. The highest BCUT2D eigenvalue weighted by atomic mass is 19.1. The van der Waals surface area contributed by atoms with Gasteiger partial charge in [0.15, 0.2) is 0 Å². The molecule has 3 aromatic rings. The summed E-state index contributed by atoms with van der Waals surface area (Å²) in [5, 5.41) is 2.85. The van der Waals surface area contributed by atoms with Crippen LogP contribution in [-0.4, -0.2) is 31.8 Å². The molecule has 0 aromatic heterocycles. The van der Waals surface area contributed by atoms with E-state index in [4.69, 9.17) is 14.2 Å². The van der Waals surface area contributed by atoms with Crippen LogP contribution in [0.2, 0.25) is 0 Å². The fourth-order valence-electron chi connectivity index (χ4n) is 4.91. The third kappa shape index (κ3) is 7.32. The Balaban J connectivity index is 1.41. The number of rotatable bonds is 10. The van der Waals surface area contributed by atoms with E-state index in [1.54, 1.807) is 19.2 Å². The number of halogens is 1. The summed E-state index contributed by atoms with van der Waals surface area (Å²) in [5.41, 5.74) is 4.88. The highest BCUT2D eigenvalue weighted by molar-refractivity contribution is 5.73. The van der Waals surface area contributed by atoms with Crippen LogP contribution in [0.3, 0.4) is 0 Å². The van der Waals surface area contributed by atoms with Crippen molar-refractivity contribution in [2.75, 3.05) is 13.7 Å². The van der Waals surface area contributed by atoms with E-state index in [0.29, 0.717) is 19.6 Å². The zero-order chi connectivity index (χ0) is 26.2. The molecule has 0 spiro atoms. The first-order valence-electron chi connectivity index (χ1n) is 13.0. The lowest BCUT2D eigenvalue weighted by atomic mass is 9.93. The minimum atomic E-state index is -0.278. The number of methoxy groups -OCH3 is 1. The molecule has 1 fully saturated rings. The summed E-state index contributed by atoms with van der Waals surface area (Å²) in [5.74, 6) is 1.33. The summed E-state index contributed by atoms with van der Waals surface area (Å²) in [7, 11) is 1.68. The summed E-state index contributed by atoms with van der Waals surface area (Å²) in [6.45, 7) is 4.61. The molecule has 0 atom stereocenters. The third-order valence-corrected chi connectivity index (χ3v) is 6.89. The molecule has 5 nitrogen and oxygen atoms in total. The quantitative estimate of drug-likeness (QED) is 0.347. The maximum Gasteiger partial charge on any atom is 0.216 e. The Hall–Kier alpha value is -3.38. The van der Waals surface area contributed by atoms with Gasteiger partial charge in [0.25, 0.3) is 0 Å². The van der Waals surface area contributed by atoms with E-state index in [1.165, 1.54) is 13.0 Å². The number of para-hydroxylation sites is 1. The summed E-state index contributed by atoms with van der Waals surface area (Å²) in [6, 6.07) is 18.7. The summed E-state index contributed by atoms with van der Waals surface area (Å²) >= 11 is 0. The zero-order valence-electron chi connectivity index (χ0n) is 21.9. The Labute approximate surface area is 219 Å². The minimum Gasteiger partial charge on any atom is -0.496 e. The molecule has 0 radical (unpaired) electrons. The lowest BCUT2D eigenvalue weighted by Crippen LogP contribution is -2.28. The molecular formula is C31H36FNO4. The predicted molar refractivity (Wildman–Crippen MR) is 143 cm³/mol. The molecule has 0 bridgehead atoms. The maximum atomic E-state index is 14.0. The highest BCUT2D eigenvalue weighted by Crippen LogP contribution is 2.34. The largest absolute Gasteiger partial charge is 0.496 e. The van der Waals surface area contributed by atoms with Crippen LogP contribution in [0.25, 0.3) is 11.1 Å². The van der Waals surface area contributed by atoms with Crippen LogP contribution in [0.5, 0.6) is 11.5 Å². The molecule has 1 aliphatic carbocycles. The van der Waals surface area contributed by atoms with Gasteiger partial charge >= 0.3 is 0 Å². The van der Waals surface area contributed by atoms with E-state index in [-0.39, 0.29) is 23.9 Å². The van der Waals surface area contributed by atoms with Crippen LogP contribution in [0.1, 0.15) is 49.3 Å². The summed E-state index contributed by atoms with van der Waals surface area (Å²) < 4.78 is 32.1. The average molecular weight is 506 g/mol. The molecule has 3 aromatic carbocycles. The fourth-order valence-corrected chi connectivity index (χ4v) is 4.91. The molecule has 0 unspecified atom stereocenters. The minimum absolute atomic E-state index is 0.0635. The molecule has 1 aliphatic rings. The Kier molecular flexibility index (Phi) is 9.18. The number of nitrogens with one attached hydrogen (secondary N) is 1. The second-order valence-electron chi connectivity index (χ2n) is 9.66. The van der Waals surface area contributed by atoms with Gasteiger partial charge in [0.2, 0.25) is 5.91 Å². The number of hydrogen-bond donors (Lipinski definition) is 1. The number of amides is 1. The van der Waals surface area contributed by atoms with Gasteiger partial charge in [-0.15, -0.1) is 0 Å². The molecule has 196 valence electrons.